The van der Waals surface area contributed by atoms with E-state index in [-0.39, 0.29) is 0 Å². The number of carbonyl (C=O) groups is 1. The van der Waals surface area contributed by atoms with E-state index in [1.165, 1.54) is 0 Å². The van der Waals surface area contributed by atoms with E-state index in [0.717, 1.165) is 12.1 Å². The van der Waals surface area contributed by atoms with Crippen LogP contribution >= 0.6 is 0 Å². The summed E-state index contributed by atoms with van der Waals surface area (Å²) in [5, 5.41) is 6.00. The van der Waals surface area contributed by atoms with Crippen molar-refractivity contribution < 1.29 is 9.63 Å². The quantitative estimate of drug-likeness (QED) is 0.384. The van der Waals surface area contributed by atoms with E-state index in [0.29, 0.717) is 6.54 Å². The molecule has 0 radical (unpaired) electrons. The molecule has 0 saturated heterocycles. The lowest BCUT2D eigenvalue weighted by atomic mass is 10.5. The van der Waals surface area contributed by atoms with Gasteiger partial charge in [0.25, 0.3) is 0 Å². The first-order chi connectivity index (χ1) is 5.16. The summed E-state index contributed by atoms with van der Waals surface area (Å²) in [4.78, 5) is 15.1. The summed E-state index contributed by atoms with van der Waals surface area (Å²) >= 11 is 0. The van der Waals surface area contributed by atoms with E-state index < -0.39 is 6.09 Å². The number of amides is 1. The lowest BCUT2D eigenvalue weighted by molar-refractivity contribution is 0.150. The summed E-state index contributed by atoms with van der Waals surface area (Å²) in [7, 11) is 0. The zero-order valence-electron chi connectivity index (χ0n) is 7.18. The third-order valence-electron chi connectivity index (χ3n) is 0.830. The molecule has 0 spiro atoms. The van der Waals surface area contributed by atoms with Gasteiger partial charge < -0.3 is 5.32 Å². The van der Waals surface area contributed by atoms with E-state index >= 15 is 0 Å². The molecule has 0 aromatic heterocycles. The Hall–Kier alpha value is -1.06. The largest absolute Gasteiger partial charge is 0.433 e. The van der Waals surface area contributed by atoms with Gasteiger partial charge in [-0.05, 0) is 20.3 Å². The first-order valence-electron chi connectivity index (χ1n) is 3.63. The number of rotatable bonds is 3. The van der Waals surface area contributed by atoms with Gasteiger partial charge in [-0.1, -0.05) is 12.1 Å². The molecule has 0 atom stereocenters. The smallest absolute Gasteiger partial charge is 0.320 e. The Kier molecular flexibility index (Phi) is 5.15. The molecule has 0 aromatic carbocycles. The fraction of sp³-hybridized carbons (Fsp3) is 0.714. The van der Waals surface area contributed by atoms with Gasteiger partial charge in [-0.25, -0.2) is 4.79 Å². The van der Waals surface area contributed by atoms with Gasteiger partial charge >= 0.3 is 6.09 Å². The van der Waals surface area contributed by atoms with Crippen LogP contribution in [0.2, 0.25) is 0 Å². The molecule has 0 aromatic rings. The highest BCUT2D eigenvalue weighted by molar-refractivity contribution is 5.79. The molecule has 0 aliphatic heterocycles. The van der Waals surface area contributed by atoms with Crippen LogP contribution in [0.1, 0.15) is 27.2 Å². The lowest BCUT2D eigenvalue weighted by Gasteiger charge is -1.98. The predicted molar refractivity (Wildman–Crippen MR) is 43.6 cm³/mol. The molecule has 0 rings (SSSR count). The third-order valence-corrected chi connectivity index (χ3v) is 0.830. The van der Waals surface area contributed by atoms with Gasteiger partial charge in [-0.2, -0.15) is 0 Å². The maximum Gasteiger partial charge on any atom is 0.433 e. The molecule has 4 heteroatoms. The van der Waals surface area contributed by atoms with Gasteiger partial charge in [0.05, 0.1) is 5.71 Å². The van der Waals surface area contributed by atoms with Crippen molar-refractivity contribution >= 4 is 11.8 Å². The Morgan fingerprint density at radius 2 is 2.18 bits per heavy atom. The lowest BCUT2D eigenvalue weighted by Crippen LogP contribution is -2.23. The molecule has 1 amide bonds. The normalized spacial score (nSPS) is 8.64. The Morgan fingerprint density at radius 1 is 1.55 bits per heavy atom. The first-order valence-corrected chi connectivity index (χ1v) is 3.63. The number of hydrogen-bond donors (Lipinski definition) is 1. The number of carbonyl (C=O) groups excluding carboxylic acids is 1. The summed E-state index contributed by atoms with van der Waals surface area (Å²) in [5.41, 5.74) is 0.719. The van der Waals surface area contributed by atoms with Gasteiger partial charge in [-0.15, -0.1) is 0 Å². The van der Waals surface area contributed by atoms with Gasteiger partial charge in [0.15, 0.2) is 0 Å². The van der Waals surface area contributed by atoms with Crippen molar-refractivity contribution in [1.29, 1.82) is 0 Å². The third kappa shape index (κ3) is 6.83. The standard InChI is InChI=1S/C7H14N2O2/c1-4-5-8-7(10)11-9-6(2)3/h4-5H2,1-3H3,(H,8,10). The van der Waals surface area contributed by atoms with Crippen LogP contribution in [-0.4, -0.2) is 18.3 Å². The predicted octanol–water partition coefficient (Wildman–Crippen LogP) is 1.52. The molecule has 0 aliphatic rings. The fourth-order valence-corrected chi connectivity index (χ4v) is 0.392. The fourth-order valence-electron chi connectivity index (χ4n) is 0.392. The van der Waals surface area contributed by atoms with Gasteiger partial charge in [0.2, 0.25) is 0 Å². The maximum absolute atomic E-state index is 10.7. The highest BCUT2D eigenvalue weighted by Crippen LogP contribution is 1.81. The van der Waals surface area contributed by atoms with Crippen molar-refractivity contribution in [3.63, 3.8) is 0 Å². The van der Waals surface area contributed by atoms with Crippen LogP contribution in [0.15, 0.2) is 5.16 Å². The van der Waals surface area contributed by atoms with Gasteiger partial charge in [0, 0.05) is 6.54 Å². The van der Waals surface area contributed by atoms with E-state index in [1.807, 2.05) is 6.92 Å². The van der Waals surface area contributed by atoms with Crippen LogP contribution in [0.3, 0.4) is 0 Å². The number of hydrogen-bond acceptors (Lipinski definition) is 3. The SMILES string of the molecule is CCCNC(=O)ON=C(C)C. The highest BCUT2D eigenvalue weighted by Gasteiger charge is 1.97. The average molecular weight is 158 g/mol. The molecule has 11 heavy (non-hydrogen) atoms. The Morgan fingerprint density at radius 3 is 2.64 bits per heavy atom. The van der Waals surface area contributed by atoms with Crippen molar-refractivity contribution in [1.82, 2.24) is 5.32 Å². The molecule has 4 nitrogen and oxygen atoms in total. The zero-order valence-corrected chi connectivity index (χ0v) is 7.18. The van der Waals surface area contributed by atoms with Crippen LogP contribution in [0, 0.1) is 0 Å². The molecule has 0 unspecified atom stereocenters. The van der Waals surface area contributed by atoms with Crippen molar-refractivity contribution in [2.24, 2.45) is 5.16 Å². The summed E-state index contributed by atoms with van der Waals surface area (Å²) in [6, 6.07) is 0. The highest BCUT2D eigenvalue weighted by atomic mass is 16.7. The molecular weight excluding hydrogens is 144 g/mol. The van der Waals surface area contributed by atoms with E-state index in [4.69, 9.17) is 0 Å². The Balaban J connectivity index is 3.45. The topological polar surface area (TPSA) is 50.7 Å². The van der Waals surface area contributed by atoms with E-state index in [1.54, 1.807) is 13.8 Å². The molecule has 0 fully saturated rings. The molecular formula is C7H14N2O2. The van der Waals surface area contributed by atoms with Crippen LogP contribution < -0.4 is 5.32 Å². The van der Waals surface area contributed by atoms with Crippen LogP contribution in [-0.2, 0) is 4.84 Å². The number of oxime groups is 1. The second kappa shape index (κ2) is 5.70. The van der Waals surface area contributed by atoms with Crippen LogP contribution in [0.25, 0.3) is 0 Å². The first kappa shape index (κ1) is 9.94. The molecule has 0 bridgehead atoms. The van der Waals surface area contributed by atoms with Crippen molar-refractivity contribution in [3.05, 3.63) is 0 Å². The number of nitrogens with one attached hydrogen (secondary N) is 1. The molecule has 0 aliphatic carbocycles. The Bertz CT molecular complexity index is 151. The summed E-state index contributed by atoms with van der Waals surface area (Å²) in [5.74, 6) is 0. The Labute approximate surface area is 66.6 Å². The van der Waals surface area contributed by atoms with Crippen molar-refractivity contribution in [2.75, 3.05) is 6.54 Å². The average Bonchev–Trinajstić information content (AvgIpc) is 1.97. The summed E-state index contributed by atoms with van der Waals surface area (Å²) in [6.45, 7) is 6.10. The minimum Gasteiger partial charge on any atom is -0.320 e. The summed E-state index contributed by atoms with van der Waals surface area (Å²) in [6.07, 6.45) is 0.400. The van der Waals surface area contributed by atoms with E-state index in [2.05, 4.69) is 15.3 Å². The van der Waals surface area contributed by atoms with Crippen LogP contribution in [0.5, 0.6) is 0 Å². The molecule has 0 saturated carbocycles. The van der Waals surface area contributed by atoms with Crippen molar-refractivity contribution in [3.8, 4) is 0 Å². The zero-order chi connectivity index (χ0) is 8.69. The molecule has 0 heterocycles. The monoisotopic (exact) mass is 158 g/mol. The number of nitrogens with zero attached hydrogens (tertiary/aromatic N) is 1. The maximum atomic E-state index is 10.7. The van der Waals surface area contributed by atoms with Gasteiger partial charge in [-0.3, -0.25) is 4.84 Å². The van der Waals surface area contributed by atoms with Gasteiger partial charge in [0.1, 0.15) is 0 Å². The minimum atomic E-state index is -0.493. The second-order valence-electron chi connectivity index (χ2n) is 2.34. The molecule has 1 N–H and O–H groups in total. The molecule has 64 valence electrons. The minimum absolute atomic E-state index is 0.493. The van der Waals surface area contributed by atoms with Crippen LogP contribution in [0.4, 0.5) is 4.79 Å². The van der Waals surface area contributed by atoms with E-state index in [9.17, 15) is 4.79 Å². The summed E-state index contributed by atoms with van der Waals surface area (Å²) < 4.78 is 0. The second-order valence-corrected chi connectivity index (χ2v) is 2.34. The van der Waals surface area contributed by atoms with Crippen molar-refractivity contribution in [2.45, 2.75) is 27.2 Å².